The molecule has 9 heteroatoms. The average molecular weight is 481 g/mol. The van der Waals surface area contributed by atoms with Crippen LogP contribution in [0, 0.1) is 5.41 Å². The van der Waals surface area contributed by atoms with Crippen LogP contribution < -0.4 is 16.0 Å². The lowest BCUT2D eigenvalue weighted by atomic mass is 9.53. The third-order valence-electron chi connectivity index (χ3n) is 8.29. The van der Waals surface area contributed by atoms with E-state index >= 15 is 0 Å². The molecule has 3 aliphatic carbocycles. The Bertz CT molecular complexity index is 1360. The quantitative estimate of drug-likeness (QED) is 0.511. The Morgan fingerprint density at radius 3 is 2.29 bits per heavy atom. The van der Waals surface area contributed by atoms with E-state index in [1.54, 1.807) is 11.7 Å². The Balaban J connectivity index is 1.54. The zero-order chi connectivity index (χ0) is 24.8. The number of fused-ring (bicyclic) bond motifs is 4. The number of rotatable bonds is 8. The fourth-order valence-electron chi connectivity index (χ4n) is 5.93. The first-order chi connectivity index (χ1) is 16.8. The van der Waals surface area contributed by atoms with Crippen LogP contribution in [0.1, 0.15) is 63.3 Å². The number of nitrogens with zero attached hydrogens (tertiary/aromatic N) is 3. The van der Waals surface area contributed by atoms with Gasteiger partial charge in [0.2, 0.25) is 0 Å². The molecule has 0 spiro atoms. The topological polar surface area (TPSA) is 119 Å². The molecule has 186 valence electrons. The van der Waals surface area contributed by atoms with Crippen LogP contribution in [0.3, 0.4) is 0 Å². The van der Waals surface area contributed by atoms with Crippen LogP contribution in [0.2, 0.25) is 0 Å². The number of aromatic amines is 1. The summed E-state index contributed by atoms with van der Waals surface area (Å²) < 4.78 is 8.14. The van der Waals surface area contributed by atoms with E-state index in [1.807, 2.05) is 31.2 Å². The van der Waals surface area contributed by atoms with E-state index in [0.29, 0.717) is 56.4 Å². The first-order valence-electron chi connectivity index (χ1n) is 12.4. The number of imidazole rings is 1. The molecular formula is C26H32N4O5. The van der Waals surface area contributed by atoms with Crippen LogP contribution >= 0.6 is 0 Å². The van der Waals surface area contributed by atoms with Gasteiger partial charge in [-0.05, 0) is 69.1 Å². The van der Waals surface area contributed by atoms with Crippen molar-refractivity contribution in [3.05, 3.63) is 56.5 Å². The molecule has 2 bridgehead atoms. The summed E-state index contributed by atoms with van der Waals surface area (Å²) in [5.41, 5.74) is 0.235. The lowest BCUT2D eigenvalue weighted by Gasteiger charge is -2.50. The molecule has 0 unspecified atom stereocenters. The molecule has 2 heterocycles. The van der Waals surface area contributed by atoms with Gasteiger partial charge in [-0.15, -0.1) is 0 Å². The Labute approximate surface area is 202 Å². The second-order valence-corrected chi connectivity index (χ2v) is 10.1. The maximum absolute atomic E-state index is 13.4. The summed E-state index contributed by atoms with van der Waals surface area (Å²) >= 11 is 0. The van der Waals surface area contributed by atoms with E-state index in [0.717, 1.165) is 36.4 Å². The number of ether oxygens (including phenoxy) is 1. The standard InChI is InChI=1S/C26H32N4O5/c1-3-15-30-21(31)19-20(29(24(30)34)16-8-17-4-6-18(35-2)7-5-17)28-22(27-19)25-9-12-26(13-10-25,14-11-25)23(32)33/h4-7H,3,8-16H2,1-2H3,(H,27,28)(H,32,33). The van der Waals surface area contributed by atoms with E-state index in [2.05, 4.69) is 4.98 Å². The number of aryl methyl sites for hydroxylation is 2. The number of carbonyl (C=O) groups is 1. The van der Waals surface area contributed by atoms with Crippen molar-refractivity contribution in [1.29, 1.82) is 0 Å². The molecule has 3 fully saturated rings. The van der Waals surface area contributed by atoms with Gasteiger partial charge in [-0.25, -0.2) is 9.78 Å². The number of carboxylic acid groups (broad SMARTS) is 1. The number of H-pyrrole nitrogens is 1. The van der Waals surface area contributed by atoms with Gasteiger partial charge in [0, 0.05) is 18.5 Å². The van der Waals surface area contributed by atoms with Crippen LogP contribution in [0.15, 0.2) is 33.9 Å². The number of carboxylic acids is 1. The minimum Gasteiger partial charge on any atom is -0.497 e. The lowest BCUT2D eigenvalue weighted by Crippen LogP contribution is -2.48. The van der Waals surface area contributed by atoms with Gasteiger partial charge in [-0.1, -0.05) is 19.1 Å². The summed E-state index contributed by atoms with van der Waals surface area (Å²) in [7, 11) is 1.62. The first kappa shape index (κ1) is 23.4. The van der Waals surface area contributed by atoms with Crippen LogP contribution in [0.4, 0.5) is 0 Å². The second kappa shape index (κ2) is 8.70. The molecule has 3 aromatic rings. The Morgan fingerprint density at radius 1 is 1.06 bits per heavy atom. The van der Waals surface area contributed by atoms with Gasteiger partial charge in [0.05, 0.1) is 12.5 Å². The van der Waals surface area contributed by atoms with Gasteiger partial charge in [-0.3, -0.25) is 18.7 Å². The van der Waals surface area contributed by atoms with Gasteiger partial charge in [0.15, 0.2) is 5.65 Å². The summed E-state index contributed by atoms with van der Waals surface area (Å²) in [6.45, 7) is 2.68. The van der Waals surface area contributed by atoms with E-state index < -0.39 is 11.4 Å². The van der Waals surface area contributed by atoms with Gasteiger partial charge < -0.3 is 14.8 Å². The molecule has 3 saturated carbocycles. The minimum atomic E-state index is -0.703. The Hall–Kier alpha value is -3.36. The van der Waals surface area contributed by atoms with Crippen LogP contribution in [0.5, 0.6) is 5.75 Å². The summed E-state index contributed by atoms with van der Waals surface area (Å²) in [6, 6.07) is 7.72. The molecule has 2 N–H and O–H groups in total. The molecule has 0 saturated heterocycles. The highest BCUT2D eigenvalue weighted by Gasteiger charge is 2.54. The Morgan fingerprint density at radius 2 is 1.71 bits per heavy atom. The number of hydrogen-bond donors (Lipinski definition) is 2. The molecule has 9 nitrogen and oxygen atoms in total. The van der Waals surface area contributed by atoms with Crippen molar-refractivity contribution in [3.8, 4) is 5.75 Å². The van der Waals surface area contributed by atoms with Gasteiger partial charge in [0.1, 0.15) is 17.1 Å². The normalized spacial score (nSPS) is 23.6. The highest BCUT2D eigenvalue weighted by molar-refractivity contribution is 5.75. The molecule has 1 aromatic carbocycles. The van der Waals surface area contributed by atoms with Gasteiger partial charge >= 0.3 is 11.7 Å². The fourth-order valence-corrected chi connectivity index (χ4v) is 5.93. The maximum Gasteiger partial charge on any atom is 0.332 e. The summed E-state index contributed by atoms with van der Waals surface area (Å²) in [4.78, 5) is 46.6. The third kappa shape index (κ3) is 3.77. The monoisotopic (exact) mass is 480 g/mol. The number of nitrogens with one attached hydrogen (secondary N) is 1. The molecule has 35 heavy (non-hydrogen) atoms. The van der Waals surface area contributed by atoms with Crippen molar-refractivity contribution in [2.24, 2.45) is 5.41 Å². The number of benzene rings is 1. The summed E-state index contributed by atoms with van der Waals surface area (Å²) in [5.74, 6) is 0.785. The maximum atomic E-state index is 13.4. The van der Waals surface area contributed by atoms with Crippen LogP contribution in [0.25, 0.3) is 11.2 Å². The fraction of sp³-hybridized carbons (Fsp3) is 0.538. The molecule has 6 rings (SSSR count). The van der Waals surface area contributed by atoms with E-state index in [4.69, 9.17) is 9.72 Å². The highest BCUT2D eigenvalue weighted by Crippen LogP contribution is 2.57. The molecule has 0 radical (unpaired) electrons. The van der Waals surface area contributed by atoms with Gasteiger partial charge in [0.25, 0.3) is 5.56 Å². The van der Waals surface area contributed by atoms with Gasteiger partial charge in [-0.2, -0.15) is 0 Å². The van der Waals surface area contributed by atoms with Crippen LogP contribution in [-0.2, 0) is 29.7 Å². The smallest absolute Gasteiger partial charge is 0.332 e. The molecule has 2 aromatic heterocycles. The SMILES string of the molecule is CCCn1c(=O)c2[nH]c(C34CCC(C(=O)O)(CC3)CC4)nc2n(CCc2ccc(OC)cc2)c1=O. The average Bonchev–Trinajstić information content (AvgIpc) is 3.34. The predicted octanol–water partition coefficient (Wildman–Crippen LogP) is 3.22. The zero-order valence-corrected chi connectivity index (χ0v) is 20.3. The van der Waals surface area contributed by atoms with E-state index in [-0.39, 0.29) is 16.7 Å². The number of methoxy groups -OCH3 is 1. The third-order valence-corrected chi connectivity index (χ3v) is 8.29. The largest absolute Gasteiger partial charge is 0.497 e. The van der Waals surface area contributed by atoms with E-state index in [1.165, 1.54) is 4.57 Å². The zero-order valence-electron chi connectivity index (χ0n) is 20.3. The molecule has 3 aliphatic rings. The van der Waals surface area contributed by atoms with Crippen molar-refractivity contribution < 1.29 is 14.6 Å². The number of aromatic nitrogens is 4. The first-order valence-corrected chi connectivity index (χ1v) is 12.4. The van der Waals surface area contributed by atoms with Crippen molar-refractivity contribution in [2.75, 3.05) is 7.11 Å². The van der Waals surface area contributed by atoms with Crippen molar-refractivity contribution in [1.82, 2.24) is 19.1 Å². The summed E-state index contributed by atoms with van der Waals surface area (Å²) in [6.07, 6.45) is 5.28. The molecular weight excluding hydrogens is 448 g/mol. The highest BCUT2D eigenvalue weighted by atomic mass is 16.5. The second-order valence-electron chi connectivity index (χ2n) is 10.1. The molecule has 0 amide bonds. The van der Waals surface area contributed by atoms with Crippen molar-refractivity contribution in [3.63, 3.8) is 0 Å². The molecule has 0 atom stereocenters. The lowest BCUT2D eigenvalue weighted by molar-refractivity contribution is -0.156. The van der Waals surface area contributed by atoms with Crippen molar-refractivity contribution >= 4 is 17.1 Å². The molecule has 0 aliphatic heterocycles. The number of hydrogen-bond acceptors (Lipinski definition) is 5. The predicted molar refractivity (Wildman–Crippen MR) is 131 cm³/mol. The summed E-state index contributed by atoms with van der Waals surface area (Å²) in [5, 5.41) is 9.74. The van der Waals surface area contributed by atoms with Crippen LogP contribution in [-0.4, -0.2) is 37.3 Å². The minimum absolute atomic E-state index is 0.269. The van der Waals surface area contributed by atoms with Crippen molar-refractivity contribution in [2.45, 2.75) is 76.8 Å². The Kier molecular flexibility index (Phi) is 5.81. The van der Waals surface area contributed by atoms with E-state index in [9.17, 15) is 19.5 Å². The number of aliphatic carboxylic acids is 1.